The lowest BCUT2D eigenvalue weighted by Gasteiger charge is -2.35. The van der Waals surface area contributed by atoms with Gasteiger partial charge in [-0.05, 0) is 112 Å². The van der Waals surface area contributed by atoms with E-state index in [4.69, 9.17) is 23.7 Å². The van der Waals surface area contributed by atoms with E-state index in [1.54, 1.807) is 0 Å². The summed E-state index contributed by atoms with van der Waals surface area (Å²) < 4.78 is 29.0. The standard InChI is InChI=1S/C46H62O8/c1-10-31-20-40(23-34(42(31)47)28-52-13-4)46(9,41-24-35(29-53-14-5)44(49)36(25-41)30-54-15-6)38-18-16-37(17-19-38)45(7,8)39-21-32(26-50-11-2)43(48)33(22-39)27-51-12-3/h16-25,47-49H,10-15,26-30H2,1-9H3. The fraction of sp³-hybridized carbons (Fsp3) is 0.478. The molecule has 4 aromatic carbocycles. The quantitative estimate of drug-likeness (QED) is 0.0725. The van der Waals surface area contributed by atoms with Crippen LogP contribution in [-0.4, -0.2) is 48.4 Å². The Morgan fingerprint density at radius 3 is 0.981 bits per heavy atom. The molecule has 0 fully saturated rings. The maximum Gasteiger partial charge on any atom is 0.126 e. The molecule has 54 heavy (non-hydrogen) atoms. The first-order valence-electron chi connectivity index (χ1n) is 19.5. The van der Waals surface area contributed by atoms with E-state index in [9.17, 15) is 15.3 Å². The maximum atomic E-state index is 11.4. The van der Waals surface area contributed by atoms with Crippen molar-refractivity contribution in [1.82, 2.24) is 0 Å². The van der Waals surface area contributed by atoms with Crippen molar-refractivity contribution in [3.63, 3.8) is 0 Å². The highest BCUT2D eigenvalue weighted by molar-refractivity contribution is 5.58. The van der Waals surface area contributed by atoms with Crippen molar-refractivity contribution in [2.45, 2.75) is 113 Å². The van der Waals surface area contributed by atoms with Crippen LogP contribution in [-0.2, 0) is 74.0 Å². The van der Waals surface area contributed by atoms with Gasteiger partial charge in [-0.1, -0.05) is 51.1 Å². The number of phenols is 3. The number of hydrogen-bond donors (Lipinski definition) is 3. The van der Waals surface area contributed by atoms with E-state index in [1.807, 2.05) is 65.8 Å². The van der Waals surface area contributed by atoms with Gasteiger partial charge in [-0.15, -0.1) is 0 Å². The highest BCUT2D eigenvalue weighted by Gasteiger charge is 2.35. The Labute approximate surface area is 323 Å². The molecule has 294 valence electrons. The van der Waals surface area contributed by atoms with Gasteiger partial charge >= 0.3 is 0 Å². The van der Waals surface area contributed by atoms with Gasteiger partial charge in [0.1, 0.15) is 17.2 Å². The van der Waals surface area contributed by atoms with Crippen molar-refractivity contribution in [2.24, 2.45) is 0 Å². The number of rotatable bonds is 21. The van der Waals surface area contributed by atoms with Crippen molar-refractivity contribution in [3.05, 3.63) is 122 Å². The fourth-order valence-electron chi connectivity index (χ4n) is 6.98. The summed E-state index contributed by atoms with van der Waals surface area (Å²) in [7, 11) is 0. The van der Waals surface area contributed by atoms with E-state index in [1.165, 1.54) is 0 Å². The van der Waals surface area contributed by atoms with E-state index in [2.05, 4.69) is 57.2 Å². The summed E-state index contributed by atoms with van der Waals surface area (Å²) in [6.07, 6.45) is 0.645. The number of aromatic hydroxyl groups is 3. The molecular weight excluding hydrogens is 680 g/mol. The second-order valence-corrected chi connectivity index (χ2v) is 14.3. The van der Waals surface area contributed by atoms with Gasteiger partial charge in [0.25, 0.3) is 0 Å². The third-order valence-electron chi connectivity index (χ3n) is 10.6. The molecule has 8 heteroatoms. The minimum absolute atomic E-state index is 0.179. The van der Waals surface area contributed by atoms with Crippen LogP contribution in [0.25, 0.3) is 0 Å². The molecule has 0 radical (unpaired) electrons. The lowest BCUT2D eigenvalue weighted by molar-refractivity contribution is 0.125. The molecule has 0 saturated carbocycles. The molecule has 0 bridgehead atoms. The van der Waals surface area contributed by atoms with Crippen LogP contribution in [0.3, 0.4) is 0 Å². The summed E-state index contributed by atoms with van der Waals surface area (Å²) in [5, 5.41) is 33.8. The zero-order valence-electron chi connectivity index (χ0n) is 33.9. The van der Waals surface area contributed by atoms with Gasteiger partial charge in [0.2, 0.25) is 0 Å². The molecule has 0 aliphatic heterocycles. The predicted octanol–water partition coefficient (Wildman–Crippen LogP) is 9.73. The minimum atomic E-state index is -0.731. The van der Waals surface area contributed by atoms with E-state index in [0.717, 1.165) is 50.1 Å². The largest absolute Gasteiger partial charge is 0.507 e. The van der Waals surface area contributed by atoms with Crippen LogP contribution < -0.4 is 0 Å². The van der Waals surface area contributed by atoms with Crippen LogP contribution in [0.5, 0.6) is 17.2 Å². The van der Waals surface area contributed by atoms with Gasteiger partial charge in [-0.3, -0.25) is 0 Å². The van der Waals surface area contributed by atoms with Crippen molar-refractivity contribution < 1.29 is 39.0 Å². The lowest BCUT2D eigenvalue weighted by atomic mass is 9.68. The Morgan fingerprint density at radius 2 is 0.667 bits per heavy atom. The summed E-state index contributed by atoms with van der Waals surface area (Å²) >= 11 is 0. The maximum absolute atomic E-state index is 11.4. The normalized spacial score (nSPS) is 13.0. The first-order valence-corrected chi connectivity index (χ1v) is 19.5. The summed E-state index contributed by atoms with van der Waals surface area (Å²) in [6.45, 7) is 22.4. The summed E-state index contributed by atoms with van der Waals surface area (Å²) in [5.41, 5.74) is 8.40. The molecule has 8 nitrogen and oxygen atoms in total. The Balaban J connectivity index is 1.95. The average Bonchev–Trinajstić information content (AvgIpc) is 3.18. The topological polar surface area (TPSA) is 107 Å². The number of aryl methyl sites for hydroxylation is 1. The molecule has 4 rings (SSSR count). The zero-order chi connectivity index (χ0) is 39.5. The van der Waals surface area contributed by atoms with Gasteiger partial charge in [0.05, 0.1) is 33.0 Å². The second kappa shape index (κ2) is 19.6. The third kappa shape index (κ3) is 9.47. The SMILES string of the molecule is CCOCc1cc(C(C)(c2ccc(C(C)(C)c3cc(COCC)c(O)c(COCC)c3)cc2)c2cc(COCC)c(O)c(COCC)c2)cc(CC)c1O. The van der Waals surface area contributed by atoms with Crippen LogP contribution in [0.4, 0.5) is 0 Å². The smallest absolute Gasteiger partial charge is 0.126 e. The molecule has 0 aliphatic carbocycles. The van der Waals surface area contributed by atoms with Crippen LogP contribution in [0.2, 0.25) is 0 Å². The number of hydrogen-bond acceptors (Lipinski definition) is 8. The molecule has 0 aromatic heterocycles. The van der Waals surface area contributed by atoms with Gasteiger partial charge in [0.15, 0.2) is 0 Å². The first kappa shape index (κ1) is 42.8. The van der Waals surface area contributed by atoms with Crippen molar-refractivity contribution in [2.75, 3.05) is 33.0 Å². The highest BCUT2D eigenvalue weighted by Crippen LogP contribution is 2.45. The molecule has 1 atom stereocenters. The fourth-order valence-corrected chi connectivity index (χ4v) is 6.98. The van der Waals surface area contributed by atoms with E-state index in [0.29, 0.717) is 63.8 Å². The Morgan fingerprint density at radius 1 is 0.389 bits per heavy atom. The van der Waals surface area contributed by atoms with Gasteiger partial charge in [-0.2, -0.15) is 0 Å². The monoisotopic (exact) mass is 742 g/mol. The minimum Gasteiger partial charge on any atom is -0.507 e. The third-order valence-corrected chi connectivity index (χ3v) is 10.6. The van der Waals surface area contributed by atoms with Crippen LogP contribution in [0.1, 0.15) is 124 Å². The van der Waals surface area contributed by atoms with Gasteiger partial charge in [0, 0.05) is 71.7 Å². The molecule has 1 unspecified atom stereocenters. The molecule has 0 aliphatic rings. The molecule has 0 amide bonds. The molecule has 0 spiro atoms. The van der Waals surface area contributed by atoms with E-state index < -0.39 is 10.8 Å². The summed E-state index contributed by atoms with van der Waals surface area (Å²) in [6, 6.07) is 21.0. The van der Waals surface area contributed by atoms with E-state index >= 15 is 0 Å². The van der Waals surface area contributed by atoms with Crippen LogP contribution in [0, 0.1) is 0 Å². The average molecular weight is 743 g/mol. The molecule has 3 N–H and O–H groups in total. The van der Waals surface area contributed by atoms with Crippen molar-refractivity contribution in [3.8, 4) is 17.2 Å². The van der Waals surface area contributed by atoms with E-state index in [-0.39, 0.29) is 37.1 Å². The molecule has 0 heterocycles. The second-order valence-electron chi connectivity index (χ2n) is 14.3. The first-order chi connectivity index (χ1) is 25.9. The van der Waals surface area contributed by atoms with Crippen LogP contribution in [0.15, 0.2) is 60.7 Å². The Kier molecular flexibility index (Phi) is 15.5. The number of ether oxygens (including phenoxy) is 5. The Hall–Kier alpha value is -3.92. The molecular formula is C46H62O8. The Bertz CT molecular complexity index is 1750. The van der Waals surface area contributed by atoms with Crippen LogP contribution >= 0.6 is 0 Å². The predicted molar refractivity (Wildman–Crippen MR) is 214 cm³/mol. The lowest BCUT2D eigenvalue weighted by Crippen LogP contribution is -2.27. The molecule has 4 aromatic rings. The summed E-state index contributed by atoms with van der Waals surface area (Å²) in [4.78, 5) is 0. The zero-order valence-corrected chi connectivity index (χ0v) is 33.9. The van der Waals surface area contributed by atoms with Crippen molar-refractivity contribution >= 4 is 0 Å². The number of benzene rings is 4. The van der Waals surface area contributed by atoms with Crippen molar-refractivity contribution in [1.29, 1.82) is 0 Å². The van der Waals surface area contributed by atoms with Gasteiger partial charge in [-0.25, -0.2) is 0 Å². The highest BCUT2D eigenvalue weighted by atomic mass is 16.5. The molecule has 0 saturated heterocycles. The summed E-state index contributed by atoms with van der Waals surface area (Å²) in [5.74, 6) is 0.654. The number of phenolic OH excluding ortho intramolecular Hbond substituents is 3. The van der Waals surface area contributed by atoms with Gasteiger partial charge < -0.3 is 39.0 Å².